The van der Waals surface area contributed by atoms with Gasteiger partial charge in [0.25, 0.3) is 0 Å². The van der Waals surface area contributed by atoms with Gasteiger partial charge in [-0.05, 0) is 31.9 Å². The van der Waals surface area contributed by atoms with E-state index in [1.165, 1.54) is 17.2 Å². The van der Waals surface area contributed by atoms with E-state index in [0.29, 0.717) is 5.88 Å². The maximum Gasteiger partial charge on any atom is 0.328 e. The standard InChI is InChI=1S/C22H29ClO3/c1-7-13(2)18-21(5)10-14(3)17-20(4,9-8-16(24)25)11-15(12-23)19(26-18)22(17,21)6/h7-11,17-19H,12H2,1-6H3,(H,24,25)/b9-8+,13-7+/t17-,18+,19?,20-,21+,22-/m1/s1. The summed E-state index contributed by atoms with van der Waals surface area (Å²) >= 11 is 6.34. The number of halogens is 1. The normalized spacial score (nSPS) is 44.9. The Kier molecular flexibility index (Phi) is 4.56. The SMILES string of the molecule is C/C=C(\C)[C@@H]1OC2C(CCl)=C[C@@](C)(/C=C/C(=O)O)[C@H]3C(C)=C[C@]1(C)[C@@]23C. The van der Waals surface area contributed by atoms with Crippen LogP contribution in [0.2, 0.25) is 0 Å². The highest BCUT2D eigenvalue weighted by atomic mass is 35.5. The number of aliphatic carboxylic acids is 1. The zero-order valence-corrected chi connectivity index (χ0v) is 17.2. The molecule has 142 valence electrons. The van der Waals surface area contributed by atoms with E-state index in [2.05, 4.69) is 52.8 Å². The first kappa shape index (κ1) is 19.4. The van der Waals surface area contributed by atoms with E-state index in [0.717, 1.165) is 5.57 Å². The van der Waals surface area contributed by atoms with Crippen LogP contribution in [0.15, 0.2) is 47.1 Å². The van der Waals surface area contributed by atoms with Crippen LogP contribution >= 0.6 is 11.6 Å². The number of ether oxygens (including phenoxy) is 1. The third-order valence-electron chi connectivity index (χ3n) is 7.17. The summed E-state index contributed by atoms with van der Waals surface area (Å²) in [5.41, 5.74) is 2.84. The number of hydrogen-bond acceptors (Lipinski definition) is 2. The Hall–Kier alpha value is -1.32. The van der Waals surface area contributed by atoms with Crippen molar-refractivity contribution in [3.63, 3.8) is 0 Å². The molecule has 1 unspecified atom stereocenters. The molecule has 2 aliphatic carbocycles. The van der Waals surface area contributed by atoms with Crippen LogP contribution in [0.5, 0.6) is 0 Å². The molecule has 3 aliphatic rings. The van der Waals surface area contributed by atoms with Crippen LogP contribution in [0.4, 0.5) is 0 Å². The van der Waals surface area contributed by atoms with Crippen LogP contribution in [-0.4, -0.2) is 29.2 Å². The Labute approximate surface area is 161 Å². The monoisotopic (exact) mass is 376 g/mol. The number of hydrogen-bond donors (Lipinski definition) is 1. The molecule has 0 aromatic rings. The third-order valence-corrected chi connectivity index (χ3v) is 7.48. The maximum absolute atomic E-state index is 11.2. The van der Waals surface area contributed by atoms with Crippen LogP contribution in [0, 0.1) is 22.2 Å². The third kappa shape index (κ3) is 2.33. The molecular formula is C22H29ClO3. The zero-order valence-electron chi connectivity index (χ0n) is 16.5. The van der Waals surface area contributed by atoms with Gasteiger partial charge in [0.05, 0.1) is 12.2 Å². The molecule has 1 saturated heterocycles. The second kappa shape index (κ2) is 6.10. The van der Waals surface area contributed by atoms with Crippen LogP contribution in [0.1, 0.15) is 41.5 Å². The smallest absolute Gasteiger partial charge is 0.328 e. The fourth-order valence-corrected chi connectivity index (χ4v) is 6.33. The van der Waals surface area contributed by atoms with Crippen molar-refractivity contribution in [2.45, 2.75) is 53.8 Å². The summed E-state index contributed by atoms with van der Waals surface area (Å²) in [5.74, 6) is -0.366. The lowest BCUT2D eigenvalue weighted by Crippen LogP contribution is -2.52. The van der Waals surface area contributed by atoms with Crippen molar-refractivity contribution in [1.82, 2.24) is 0 Å². The van der Waals surface area contributed by atoms with Crippen molar-refractivity contribution in [3.05, 3.63) is 47.1 Å². The minimum absolute atomic E-state index is 0.000120. The first-order valence-corrected chi connectivity index (χ1v) is 9.76. The van der Waals surface area contributed by atoms with E-state index in [-0.39, 0.29) is 29.0 Å². The molecule has 0 radical (unpaired) electrons. The predicted molar refractivity (Wildman–Crippen MR) is 105 cm³/mol. The molecule has 0 bridgehead atoms. The van der Waals surface area contributed by atoms with Gasteiger partial charge in [0.2, 0.25) is 0 Å². The molecule has 1 fully saturated rings. The van der Waals surface area contributed by atoms with Crippen molar-refractivity contribution in [3.8, 4) is 0 Å². The summed E-state index contributed by atoms with van der Waals surface area (Å²) in [6, 6.07) is 0. The lowest BCUT2D eigenvalue weighted by atomic mass is 9.50. The minimum Gasteiger partial charge on any atom is -0.478 e. The molecule has 3 nitrogen and oxygen atoms in total. The number of allylic oxidation sites excluding steroid dienone is 4. The molecule has 0 amide bonds. The van der Waals surface area contributed by atoms with Crippen molar-refractivity contribution in [2.75, 3.05) is 5.88 Å². The summed E-state index contributed by atoms with van der Waals surface area (Å²) in [5, 5.41) is 9.19. The van der Waals surface area contributed by atoms with Gasteiger partial charge in [-0.25, -0.2) is 4.79 Å². The average Bonchev–Trinajstić information content (AvgIpc) is 2.92. The van der Waals surface area contributed by atoms with Gasteiger partial charge >= 0.3 is 5.97 Å². The molecule has 0 saturated carbocycles. The number of rotatable bonds is 4. The summed E-state index contributed by atoms with van der Waals surface area (Å²) < 4.78 is 6.62. The van der Waals surface area contributed by atoms with Gasteiger partial charge in [0, 0.05) is 34.1 Å². The lowest BCUT2D eigenvalue weighted by Gasteiger charge is -2.52. The van der Waals surface area contributed by atoms with E-state index in [1.807, 2.05) is 13.0 Å². The van der Waals surface area contributed by atoms with Gasteiger partial charge in [-0.1, -0.05) is 50.6 Å². The number of carbonyl (C=O) groups is 1. The Balaban J connectivity index is 2.24. The Morgan fingerprint density at radius 2 is 2.00 bits per heavy atom. The summed E-state index contributed by atoms with van der Waals surface area (Å²) in [4.78, 5) is 11.2. The number of carboxylic acids is 1. The van der Waals surface area contributed by atoms with E-state index in [1.54, 1.807) is 0 Å². The van der Waals surface area contributed by atoms with E-state index in [4.69, 9.17) is 16.3 Å². The van der Waals surface area contributed by atoms with E-state index < -0.39 is 11.4 Å². The largest absolute Gasteiger partial charge is 0.478 e. The van der Waals surface area contributed by atoms with Gasteiger partial charge < -0.3 is 9.84 Å². The average molecular weight is 377 g/mol. The molecular weight excluding hydrogens is 348 g/mol. The van der Waals surface area contributed by atoms with Crippen LogP contribution < -0.4 is 0 Å². The molecule has 3 rings (SSSR count). The highest BCUT2D eigenvalue weighted by molar-refractivity contribution is 6.19. The Morgan fingerprint density at radius 3 is 2.54 bits per heavy atom. The van der Waals surface area contributed by atoms with Gasteiger partial charge in [0.1, 0.15) is 0 Å². The first-order chi connectivity index (χ1) is 12.0. The minimum atomic E-state index is -0.924. The predicted octanol–water partition coefficient (Wildman–Crippen LogP) is 5.13. The highest BCUT2D eigenvalue weighted by Gasteiger charge is 2.71. The van der Waals surface area contributed by atoms with Gasteiger partial charge in [-0.15, -0.1) is 11.6 Å². The number of carboxylic acid groups (broad SMARTS) is 1. The quantitative estimate of drug-likeness (QED) is 0.420. The Morgan fingerprint density at radius 1 is 1.35 bits per heavy atom. The van der Waals surface area contributed by atoms with Gasteiger partial charge in [-0.2, -0.15) is 0 Å². The lowest BCUT2D eigenvalue weighted by molar-refractivity contribution is -0.131. The van der Waals surface area contributed by atoms with E-state index >= 15 is 0 Å². The van der Waals surface area contributed by atoms with Crippen molar-refractivity contribution in [1.29, 1.82) is 0 Å². The maximum atomic E-state index is 11.2. The van der Waals surface area contributed by atoms with Crippen molar-refractivity contribution < 1.29 is 14.6 Å². The van der Waals surface area contributed by atoms with Crippen LogP contribution in [0.25, 0.3) is 0 Å². The number of alkyl halides is 1. The first-order valence-electron chi connectivity index (χ1n) is 9.22. The molecule has 6 atom stereocenters. The molecule has 1 aliphatic heterocycles. The molecule has 0 aromatic heterocycles. The second-order valence-corrected chi connectivity index (χ2v) is 8.97. The van der Waals surface area contributed by atoms with E-state index in [9.17, 15) is 9.90 Å². The topological polar surface area (TPSA) is 46.5 Å². The molecule has 26 heavy (non-hydrogen) atoms. The molecule has 1 heterocycles. The molecule has 0 spiro atoms. The molecule has 4 heteroatoms. The summed E-state index contributed by atoms with van der Waals surface area (Å²) in [6.45, 7) is 13.0. The highest BCUT2D eigenvalue weighted by Crippen LogP contribution is 2.71. The van der Waals surface area contributed by atoms with Crippen LogP contribution in [-0.2, 0) is 9.53 Å². The second-order valence-electron chi connectivity index (χ2n) is 8.71. The fourth-order valence-electron chi connectivity index (χ4n) is 6.11. The van der Waals surface area contributed by atoms with Gasteiger partial charge in [0.15, 0.2) is 0 Å². The van der Waals surface area contributed by atoms with Crippen molar-refractivity contribution in [2.24, 2.45) is 22.2 Å². The van der Waals surface area contributed by atoms with Gasteiger partial charge in [-0.3, -0.25) is 0 Å². The molecule has 1 N–H and O–H groups in total. The Bertz CT molecular complexity index is 761. The zero-order chi connectivity index (χ0) is 19.5. The van der Waals surface area contributed by atoms with Crippen molar-refractivity contribution >= 4 is 17.6 Å². The molecule has 0 aromatic carbocycles. The van der Waals surface area contributed by atoms with Crippen LogP contribution in [0.3, 0.4) is 0 Å². The fraction of sp³-hybridized carbons (Fsp3) is 0.591. The summed E-state index contributed by atoms with van der Waals surface area (Å²) in [6.07, 6.45) is 9.67. The summed E-state index contributed by atoms with van der Waals surface area (Å²) in [7, 11) is 0.